The van der Waals surface area contributed by atoms with E-state index in [1.54, 1.807) is 0 Å². The molecule has 2 N–H and O–H groups in total. The third-order valence-electron chi connectivity index (χ3n) is 4.48. The predicted molar refractivity (Wildman–Crippen MR) is 110 cm³/mol. The van der Waals surface area contributed by atoms with Gasteiger partial charge < -0.3 is 10.6 Å². The molecule has 156 valence electrons. The van der Waals surface area contributed by atoms with Crippen LogP contribution in [-0.2, 0) is 4.79 Å². The molecule has 2 amide bonds. The van der Waals surface area contributed by atoms with Crippen molar-refractivity contribution in [2.24, 2.45) is 5.92 Å². The molecule has 0 aliphatic heterocycles. The summed E-state index contributed by atoms with van der Waals surface area (Å²) >= 11 is 6.00. The molecule has 9 heteroatoms. The number of halogens is 1. The molecule has 8 nitrogen and oxygen atoms in total. The van der Waals surface area contributed by atoms with Gasteiger partial charge in [0.1, 0.15) is 6.04 Å². The quantitative estimate of drug-likeness (QED) is 0.454. The fraction of sp³-hybridized carbons (Fsp3) is 0.579. The SMILES string of the molecule is CCN(CCNC(=O)C(NC(=O)c1ccc([N+](=O)[O-])cc1Cl)C(C)C)C(C)C. The van der Waals surface area contributed by atoms with Gasteiger partial charge in [-0.15, -0.1) is 0 Å². The molecule has 1 rings (SSSR count). The van der Waals surface area contributed by atoms with Crippen molar-refractivity contribution < 1.29 is 14.5 Å². The van der Waals surface area contributed by atoms with Crippen LogP contribution in [0.4, 0.5) is 5.69 Å². The number of benzene rings is 1. The van der Waals surface area contributed by atoms with Crippen molar-refractivity contribution in [2.75, 3.05) is 19.6 Å². The van der Waals surface area contributed by atoms with E-state index in [0.717, 1.165) is 12.6 Å². The summed E-state index contributed by atoms with van der Waals surface area (Å²) in [5.41, 5.74) is -0.118. The highest BCUT2D eigenvalue weighted by atomic mass is 35.5. The number of nitro benzene ring substituents is 1. The molecule has 1 aromatic rings. The fourth-order valence-electron chi connectivity index (χ4n) is 2.77. The Labute approximate surface area is 170 Å². The number of rotatable bonds is 10. The van der Waals surface area contributed by atoms with Crippen LogP contribution in [0.25, 0.3) is 0 Å². The van der Waals surface area contributed by atoms with E-state index in [2.05, 4.69) is 36.3 Å². The molecule has 1 atom stereocenters. The van der Waals surface area contributed by atoms with Crippen LogP contribution in [0.2, 0.25) is 5.02 Å². The van der Waals surface area contributed by atoms with E-state index >= 15 is 0 Å². The van der Waals surface area contributed by atoms with Crippen LogP contribution in [0.1, 0.15) is 45.0 Å². The summed E-state index contributed by atoms with van der Waals surface area (Å²) in [6.45, 7) is 12.0. The van der Waals surface area contributed by atoms with Gasteiger partial charge in [0.2, 0.25) is 5.91 Å². The van der Waals surface area contributed by atoms with E-state index in [4.69, 9.17) is 11.6 Å². The number of hydrogen-bond donors (Lipinski definition) is 2. The van der Waals surface area contributed by atoms with Gasteiger partial charge in [-0.1, -0.05) is 32.4 Å². The number of hydrogen-bond acceptors (Lipinski definition) is 5. The maximum Gasteiger partial charge on any atom is 0.270 e. The zero-order valence-electron chi connectivity index (χ0n) is 17.0. The molecule has 0 spiro atoms. The summed E-state index contributed by atoms with van der Waals surface area (Å²) in [7, 11) is 0. The second-order valence-corrected chi connectivity index (χ2v) is 7.54. The zero-order chi connectivity index (χ0) is 21.4. The summed E-state index contributed by atoms with van der Waals surface area (Å²) in [5.74, 6) is -0.972. The number of nitrogens with one attached hydrogen (secondary N) is 2. The molecular weight excluding hydrogens is 384 g/mol. The molecule has 0 fully saturated rings. The van der Waals surface area contributed by atoms with Crippen molar-refractivity contribution in [3.8, 4) is 0 Å². The standard InChI is InChI=1S/C19H29ClN4O4/c1-6-23(13(4)5)10-9-21-19(26)17(12(2)3)22-18(25)15-8-7-14(24(27)28)11-16(15)20/h7-8,11-13,17H,6,9-10H2,1-5H3,(H,21,26)(H,22,25). The Morgan fingerprint density at radius 3 is 2.36 bits per heavy atom. The third-order valence-corrected chi connectivity index (χ3v) is 4.79. The van der Waals surface area contributed by atoms with Gasteiger partial charge in [0.15, 0.2) is 0 Å². The first-order valence-corrected chi connectivity index (χ1v) is 9.72. The van der Waals surface area contributed by atoms with Crippen LogP contribution in [0.5, 0.6) is 0 Å². The van der Waals surface area contributed by atoms with Crippen molar-refractivity contribution >= 4 is 29.1 Å². The Morgan fingerprint density at radius 2 is 1.89 bits per heavy atom. The van der Waals surface area contributed by atoms with Gasteiger partial charge in [-0.25, -0.2) is 0 Å². The van der Waals surface area contributed by atoms with Crippen molar-refractivity contribution in [3.63, 3.8) is 0 Å². The summed E-state index contributed by atoms with van der Waals surface area (Å²) in [4.78, 5) is 37.5. The van der Waals surface area contributed by atoms with Crippen molar-refractivity contribution in [2.45, 2.75) is 46.7 Å². The zero-order valence-corrected chi connectivity index (χ0v) is 17.7. The smallest absolute Gasteiger partial charge is 0.270 e. The molecular formula is C19H29ClN4O4. The van der Waals surface area contributed by atoms with E-state index in [0.29, 0.717) is 19.1 Å². The average Bonchev–Trinajstić information content (AvgIpc) is 2.61. The van der Waals surface area contributed by atoms with Crippen LogP contribution in [0, 0.1) is 16.0 Å². The number of nitrogens with zero attached hydrogens (tertiary/aromatic N) is 2. The maximum atomic E-state index is 12.6. The molecule has 0 bridgehead atoms. The van der Waals surface area contributed by atoms with Crippen molar-refractivity contribution in [1.82, 2.24) is 15.5 Å². The Morgan fingerprint density at radius 1 is 1.25 bits per heavy atom. The van der Waals surface area contributed by atoms with Crippen LogP contribution < -0.4 is 10.6 Å². The minimum absolute atomic E-state index is 0.0369. The second-order valence-electron chi connectivity index (χ2n) is 7.13. The van der Waals surface area contributed by atoms with Gasteiger partial charge in [0, 0.05) is 31.3 Å². The summed E-state index contributed by atoms with van der Waals surface area (Å²) in [6, 6.07) is 3.25. The Kier molecular flexibility index (Phi) is 9.34. The van der Waals surface area contributed by atoms with Gasteiger partial charge in [0.25, 0.3) is 11.6 Å². The fourth-order valence-corrected chi connectivity index (χ4v) is 3.03. The number of non-ortho nitro benzene ring substituents is 1. The molecule has 0 aromatic heterocycles. The van der Waals surface area contributed by atoms with Gasteiger partial charge >= 0.3 is 0 Å². The van der Waals surface area contributed by atoms with Crippen LogP contribution in [-0.4, -0.2) is 53.4 Å². The molecule has 1 aromatic carbocycles. The summed E-state index contributed by atoms with van der Waals surface area (Å²) in [6.07, 6.45) is 0. The number of carbonyl (C=O) groups is 2. The average molecular weight is 413 g/mol. The van der Waals surface area contributed by atoms with Gasteiger partial charge in [-0.3, -0.25) is 24.6 Å². The lowest BCUT2D eigenvalue weighted by molar-refractivity contribution is -0.384. The summed E-state index contributed by atoms with van der Waals surface area (Å²) < 4.78 is 0. The Bertz CT molecular complexity index is 709. The highest BCUT2D eigenvalue weighted by Crippen LogP contribution is 2.22. The van der Waals surface area contributed by atoms with Crippen molar-refractivity contribution in [3.05, 3.63) is 38.9 Å². The highest BCUT2D eigenvalue weighted by molar-refractivity contribution is 6.34. The van der Waals surface area contributed by atoms with Gasteiger partial charge in [-0.05, 0) is 32.4 Å². The predicted octanol–water partition coefficient (Wildman–Crippen LogP) is 2.85. The van der Waals surface area contributed by atoms with Crippen LogP contribution in [0.3, 0.4) is 0 Å². The number of likely N-dealkylation sites (N-methyl/N-ethyl adjacent to an activating group) is 1. The Hall–Kier alpha value is -2.19. The first-order chi connectivity index (χ1) is 13.1. The monoisotopic (exact) mass is 412 g/mol. The lowest BCUT2D eigenvalue weighted by atomic mass is 10.0. The molecule has 0 heterocycles. The van der Waals surface area contributed by atoms with Gasteiger partial charge in [0.05, 0.1) is 15.5 Å². The molecule has 0 saturated heterocycles. The van der Waals surface area contributed by atoms with Gasteiger partial charge in [-0.2, -0.15) is 0 Å². The first kappa shape index (κ1) is 23.8. The van der Waals surface area contributed by atoms with Crippen molar-refractivity contribution in [1.29, 1.82) is 0 Å². The molecule has 0 radical (unpaired) electrons. The normalized spacial score (nSPS) is 12.3. The summed E-state index contributed by atoms with van der Waals surface area (Å²) in [5, 5.41) is 16.3. The van der Waals surface area contributed by atoms with E-state index in [-0.39, 0.29) is 28.1 Å². The molecule has 1 unspecified atom stereocenters. The molecule has 28 heavy (non-hydrogen) atoms. The molecule has 0 aliphatic rings. The lowest BCUT2D eigenvalue weighted by Gasteiger charge is -2.26. The molecule has 0 saturated carbocycles. The van der Waals surface area contributed by atoms with Crippen LogP contribution in [0.15, 0.2) is 18.2 Å². The molecule has 0 aliphatic carbocycles. The van der Waals surface area contributed by atoms with E-state index in [1.165, 1.54) is 12.1 Å². The first-order valence-electron chi connectivity index (χ1n) is 9.35. The topological polar surface area (TPSA) is 105 Å². The minimum Gasteiger partial charge on any atom is -0.353 e. The third kappa shape index (κ3) is 6.76. The lowest BCUT2D eigenvalue weighted by Crippen LogP contribution is -2.51. The number of carbonyl (C=O) groups excluding carboxylic acids is 2. The van der Waals surface area contributed by atoms with E-state index in [9.17, 15) is 19.7 Å². The Balaban J connectivity index is 2.77. The second kappa shape index (κ2) is 11.0. The minimum atomic E-state index is -0.743. The van der Waals surface area contributed by atoms with E-state index in [1.807, 2.05) is 13.8 Å². The largest absolute Gasteiger partial charge is 0.353 e. The van der Waals surface area contributed by atoms with E-state index < -0.39 is 16.9 Å². The number of amides is 2. The number of nitro groups is 1. The highest BCUT2D eigenvalue weighted by Gasteiger charge is 2.26. The maximum absolute atomic E-state index is 12.6. The van der Waals surface area contributed by atoms with Crippen LogP contribution >= 0.6 is 11.6 Å².